The van der Waals surface area contributed by atoms with Gasteiger partial charge in [0.15, 0.2) is 0 Å². The van der Waals surface area contributed by atoms with Gasteiger partial charge in [0.05, 0.1) is 11.3 Å². The summed E-state index contributed by atoms with van der Waals surface area (Å²) in [6.45, 7) is 0. The number of aromatic carboxylic acids is 1. The summed E-state index contributed by atoms with van der Waals surface area (Å²) in [5, 5.41) is 14.3. The Hall–Kier alpha value is -2.70. The van der Waals surface area contributed by atoms with Crippen molar-refractivity contribution in [1.82, 2.24) is 4.98 Å². The van der Waals surface area contributed by atoms with E-state index in [1.165, 1.54) is 18.2 Å². The second-order valence-corrected chi connectivity index (χ2v) is 6.87. The van der Waals surface area contributed by atoms with Crippen LogP contribution in [0.4, 0.5) is 5.69 Å². The Kier molecular flexibility index (Phi) is 6.90. The zero-order chi connectivity index (χ0) is 20.4. The number of nitrogens with zero attached hydrogens (tertiary/aromatic N) is 1. The molecule has 2 N–H and O–H groups in total. The first-order chi connectivity index (χ1) is 14.0. The number of carbonyl (C=O) groups is 2. The third kappa shape index (κ3) is 4.55. The number of carboxylic acid groups (broad SMARTS) is 1. The summed E-state index contributed by atoms with van der Waals surface area (Å²) in [5.74, 6) is -1.58. The zero-order valence-corrected chi connectivity index (χ0v) is 18.9. The second kappa shape index (κ2) is 9.41. The molecule has 30 heavy (non-hydrogen) atoms. The molecule has 0 aliphatic carbocycles. The van der Waals surface area contributed by atoms with Gasteiger partial charge >= 0.3 is 35.5 Å². The number of hydrogen-bond acceptors (Lipinski definition) is 3. The summed E-state index contributed by atoms with van der Waals surface area (Å²) in [6.07, 6.45) is 3.56. The van der Waals surface area contributed by atoms with Crippen molar-refractivity contribution in [2.24, 2.45) is 0 Å². The van der Waals surface area contributed by atoms with Gasteiger partial charge in [0.1, 0.15) is 0 Å². The van der Waals surface area contributed by atoms with Crippen LogP contribution in [-0.2, 0) is 0 Å². The maximum Gasteiger partial charge on any atom is 1.00 e. The van der Waals surface area contributed by atoms with Gasteiger partial charge in [0.2, 0.25) is 0 Å². The van der Waals surface area contributed by atoms with E-state index >= 15 is 0 Å². The van der Waals surface area contributed by atoms with Gasteiger partial charge < -0.3 is 11.8 Å². The molecule has 0 radical (unpaired) electrons. The van der Waals surface area contributed by atoms with E-state index in [4.69, 9.17) is 11.6 Å². The molecule has 0 spiro atoms. The van der Waals surface area contributed by atoms with E-state index in [2.05, 4.69) is 10.3 Å². The molecule has 1 amide bonds. The summed E-state index contributed by atoms with van der Waals surface area (Å²) in [6, 6.07) is 19.3. The predicted molar refractivity (Wildman–Crippen MR) is 115 cm³/mol. The van der Waals surface area contributed by atoms with Crippen LogP contribution in [0.2, 0.25) is 5.02 Å². The molecule has 0 saturated carbocycles. The fraction of sp³-hybridized carbons (Fsp3) is 0. The quantitative estimate of drug-likeness (QED) is 0.492. The second-order valence-electron chi connectivity index (χ2n) is 6.44. The van der Waals surface area contributed by atoms with Crippen LogP contribution >= 0.6 is 11.6 Å². The van der Waals surface area contributed by atoms with Crippen molar-refractivity contribution in [3.05, 3.63) is 95.3 Å². The number of nitrogens with one attached hydrogen (secondary N) is 1. The van der Waals surface area contributed by atoms with Gasteiger partial charge in [0.25, 0.3) is 5.91 Å². The molecule has 0 bridgehead atoms. The Morgan fingerprint density at radius 3 is 2.57 bits per heavy atom. The molecule has 0 fully saturated rings. The van der Waals surface area contributed by atoms with Crippen molar-refractivity contribution < 1.29 is 45.7 Å². The fourth-order valence-electron chi connectivity index (χ4n) is 3.17. The van der Waals surface area contributed by atoms with Gasteiger partial charge in [-0.3, -0.25) is 9.78 Å². The van der Waals surface area contributed by atoms with Gasteiger partial charge in [-0.05, 0) is 41.3 Å². The number of carbonyl (C=O) groups excluding carboxylic acids is 1. The first-order valence-corrected chi connectivity index (χ1v) is 9.18. The normalized spacial score (nSPS) is 10.3. The molecule has 0 saturated heterocycles. The molecule has 0 unspecified atom stereocenters. The maximum absolute atomic E-state index is 12.8. The number of anilines is 1. The summed E-state index contributed by atoms with van der Waals surface area (Å²) in [7, 11) is 0. The van der Waals surface area contributed by atoms with Gasteiger partial charge in [-0.2, -0.15) is 0 Å². The molecule has 7 heteroatoms. The zero-order valence-electron chi connectivity index (χ0n) is 17.1. The van der Waals surface area contributed by atoms with Crippen LogP contribution in [0, 0.1) is 0 Å². The number of aromatic nitrogens is 1. The number of amides is 1. The van der Waals surface area contributed by atoms with E-state index < -0.39 is 11.9 Å². The smallest absolute Gasteiger partial charge is 1.00 e. The Morgan fingerprint density at radius 2 is 1.77 bits per heavy atom. The van der Waals surface area contributed by atoms with Crippen LogP contribution in [0.25, 0.3) is 21.9 Å². The standard InChI is InChI=1S/C23H15ClN2O3.Na.H/c24-17-8-9-21(19(11-17)23(28)29)26-22(27)15-6-3-5-14(10-15)20-13-25-12-16-4-1-2-7-18(16)20;;/h1-13H,(H,26,27)(H,28,29);;/q;+1;-1. The molecule has 4 rings (SSSR count). The molecule has 5 nitrogen and oxygen atoms in total. The Labute approximate surface area is 201 Å². The van der Waals surface area contributed by atoms with Gasteiger partial charge in [-0.1, -0.05) is 48.0 Å². The number of hydrogen-bond donors (Lipinski definition) is 2. The molecule has 1 aromatic heterocycles. The molecule has 144 valence electrons. The van der Waals surface area contributed by atoms with E-state index in [-0.39, 0.29) is 47.3 Å². The number of rotatable bonds is 4. The van der Waals surface area contributed by atoms with E-state index in [1.807, 2.05) is 30.3 Å². The molecule has 0 atom stereocenters. The van der Waals surface area contributed by atoms with E-state index in [9.17, 15) is 14.7 Å². The first kappa shape index (κ1) is 22.0. The summed E-state index contributed by atoms with van der Waals surface area (Å²) in [5.41, 5.74) is 2.28. The topological polar surface area (TPSA) is 79.3 Å². The average molecular weight is 427 g/mol. The summed E-state index contributed by atoms with van der Waals surface area (Å²) < 4.78 is 0. The maximum atomic E-state index is 12.8. The van der Waals surface area contributed by atoms with Crippen LogP contribution < -0.4 is 34.9 Å². The van der Waals surface area contributed by atoms with Crippen LogP contribution in [0.1, 0.15) is 22.1 Å². The molecule has 0 aliphatic rings. The molecular weight excluding hydrogens is 411 g/mol. The van der Waals surface area contributed by atoms with Crippen LogP contribution in [0.15, 0.2) is 79.1 Å². The van der Waals surface area contributed by atoms with Crippen LogP contribution in [-0.4, -0.2) is 22.0 Å². The van der Waals surface area contributed by atoms with Crippen molar-refractivity contribution in [1.29, 1.82) is 0 Å². The summed E-state index contributed by atoms with van der Waals surface area (Å²) in [4.78, 5) is 28.5. The van der Waals surface area contributed by atoms with Crippen molar-refractivity contribution in [3.8, 4) is 11.1 Å². The monoisotopic (exact) mass is 426 g/mol. The number of halogens is 1. The minimum Gasteiger partial charge on any atom is -1.00 e. The number of benzene rings is 3. The SMILES string of the molecule is O=C(Nc1ccc(Cl)cc1C(=O)O)c1cccc(-c2cncc3ccccc23)c1.[H-].[Na+]. The Morgan fingerprint density at radius 1 is 0.967 bits per heavy atom. The molecule has 3 aromatic carbocycles. The van der Waals surface area contributed by atoms with E-state index in [1.54, 1.807) is 30.6 Å². The minimum atomic E-state index is -1.17. The first-order valence-electron chi connectivity index (χ1n) is 8.80. The third-order valence-electron chi connectivity index (χ3n) is 4.56. The van der Waals surface area contributed by atoms with E-state index in [0.29, 0.717) is 5.56 Å². The fourth-order valence-corrected chi connectivity index (χ4v) is 3.34. The molecule has 0 aliphatic heterocycles. The Balaban J connectivity index is 0.00000171. The van der Waals surface area contributed by atoms with Crippen molar-refractivity contribution >= 4 is 39.9 Å². The molecule has 4 aromatic rings. The molecule has 1 heterocycles. The van der Waals surface area contributed by atoms with E-state index in [0.717, 1.165) is 21.9 Å². The van der Waals surface area contributed by atoms with Crippen LogP contribution in [0.3, 0.4) is 0 Å². The van der Waals surface area contributed by atoms with Gasteiger partial charge in [-0.15, -0.1) is 0 Å². The van der Waals surface area contributed by atoms with Crippen LogP contribution in [0.5, 0.6) is 0 Å². The Bertz CT molecular complexity index is 1260. The average Bonchev–Trinajstić information content (AvgIpc) is 2.74. The molecular formula is C23H16ClN2NaO3. The number of fused-ring (bicyclic) bond motifs is 1. The summed E-state index contributed by atoms with van der Waals surface area (Å²) >= 11 is 5.87. The number of carboxylic acids is 1. The predicted octanol–water partition coefficient (Wildman–Crippen LogP) is 2.62. The van der Waals surface area contributed by atoms with Gasteiger partial charge in [0, 0.05) is 33.9 Å². The third-order valence-corrected chi connectivity index (χ3v) is 4.80. The minimum absolute atomic E-state index is 0. The van der Waals surface area contributed by atoms with Crippen molar-refractivity contribution in [2.75, 3.05) is 5.32 Å². The van der Waals surface area contributed by atoms with Crippen molar-refractivity contribution in [2.45, 2.75) is 0 Å². The number of pyridine rings is 1. The van der Waals surface area contributed by atoms with Crippen molar-refractivity contribution in [3.63, 3.8) is 0 Å². The van der Waals surface area contributed by atoms with Gasteiger partial charge in [-0.25, -0.2) is 4.79 Å². The largest absolute Gasteiger partial charge is 1.00 e.